The number of nitrogens with one attached hydrogen (secondary N) is 1. The van der Waals surface area contributed by atoms with E-state index in [1.807, 2.05) is 30.5 Å². The number of benzene rings is 1. The standard InChI is InChI=1S/C15H19N3O2/c1-19-15-7-3-2-6-14(15)18-10-13(9-17-18)20-11-12-5-4-8-16-12/h2-3,6-7,9-10,12,16H,4-5,8,11H2,1H3. The van der Waals surface area contributed by atoms with Crippen LogP contribution in [0.5, 0.6) is 11.5 Å². The third-order valence-corrected chi connectivity index (χ3v) is 3.50. The molecule has 0 aliphatic carbocycles. The van der Waals surface area contributed by atoms with Crippen LogP contribution in [0.4, 0.5) is 0 Å². The maximum atomic E-state index is 5.78. The van der Waals surface area contributed by atoms with Crippen molar-refractivity contribution in [3.05, 3.63) is 36.7 Å². The molecule has 106 valence electrons. The number of methoxy groups -OCH3 is 1. The van der Waals surface area contributed by atoms with E-state index in [1.54, 1.807) is 18.0 Å². The Bertz CT molecular complexity index is 562. The highest BCUT2D eigenvalue weighted by Crippen LogP contribution is 2.23. The lowest BCUT2D eigenvalue weighted by atomic mass is 10.2. The van der Waals surface area contributed by atoms with E-state index in [9.17, 15) is 0 Å². The highest BCUT2D eigenvalue weighted by Gasteiger charge is 2.15. The largest absolute Gasteiger partial charge is 0.494 e. The highest BCUT2D eigenvalue weighted by molar-refractivity contribution is 5.46. The van der Waals surface area contributed by atoms with Crippen molar-refractivity contribution in [3.8, 4) is 17.2 Å². The number of hydrogen-bond acceptors (Lipinski definition) is 4. The highest BCUT2D eigenvalue weighted by atomic mass is 16.5. The van der Waals surface area contributed by atoms with E-state index in [0.717, 1.165) is 23.7 Å². The average Bonchev–Trinajstić information content (AvgIpc) is 3.16. The number of nitrogens with zero attached hydrogens (tertiary/aromatic N) is 2. The van der Waals surface area contributed by atoms with E-state index in [4.69, 9.17) is 9.47 Å². The first-order chi connectivity index (χ1) is 9.86. The topological polar surface area (TPSA) is 48.3 Å². The zero-order valence-corrected chi connectivity index (χ0v) is 11.6. The molecule has 0 amide bonds. The minimum atomic E-state index is 0.463. The SMILES string of the molecule is COc1ccccc1-n1cc(OCC2CCCN2)cn1. The van der Waals surface area contributed by atoms with Gasteiger partial charge < -0.3 is 14.8 Å². The third kappa shape index (κ3) is 2.77. The first-order valence-electron chi connectivity index (χ1n) is 6.91. The first kappa shape index (κ1) is 13.0. The Morgan fingerprint density at radius 1 is 1.40 bits per heavy atom. The van der Waals surface area contributed by atoms with Gasteiger partial charge in [-0.15, -0.1) is 0 Å². The second-order valence-electron chi connectivity index (χ2n) is 4.90. The molecular weight excluding hydrogens is 254 g/mol. The lowest BCUT2D eigenvalue weighted by Crippen LogP contribution is -2.28. The molecule has 0 radical (unpaired) electrons. The van der Waals surface area contributed by atoms with Gasteiger partial charge in [-0.3, -0.25) is 0 Å². The summed E-state index contributed by atoms with van der Waals surface area (Å²) < 4.78 is 12.9. The molecule has 1 aromatic heterocycles. The van der Waals surface area contributed by atoms with Crippen molar-refractivity contribution in [1.29, 1.82) is 0 Å². The molecule has 2 aromatic rings. The zero-order valence-electron chi connectivity index (χ0n) is 11.6. The van der Waals surface area contributed by atoms with E-state index < -0.39 is 0 Å². The van der Waals surface area contributed by atoms with Crippen LogP contribution in [0, 0.1) is 0 Å². The molecule has 1 atom stereocenters. The second kappa shape index (κ2) is 5.96. The maximum absolute atomic E-state index is 5.78. The molecule has 0 saturated carbocycles. The van der Waals surface area contributed by atoms with Crippen LogP contribution in [0.1, 0.15) is 12.8 Å². The number of hydrogen-bond donors (Lipinski definition) is 1. The van der Waals surface area contributed by atoms with Gasteiger partial charge >= 0.3 is 0 Å². The number of aromatic nitrogens is 2. The fourth-order valence-electron chi connectivity index (χ4n) is 2.43. The summed E-state index contributed by atoms with van der Waals surface area (Å²) in [6, 6.07) is 8.25. The number of rotatable bonds is 5. The van der Waals surface area contributed by atoms with E-state index in [2.05, 4.69) is 10.4 Å². The van der Waals surface area contributed by atoms with Crippen molar-refractivity contribution in [2.24, 2.45) is 0 Å². The smallest absolute Gasteiger partial charge is 0.157 e. The van der Waals surface area contributed by atoms with Crippen molar-refractivity contribution in [2.45, 2.75) is 18.9 Å². The fourth-order valence-corrected chi connectivity index (χ4v) is 2.43. The van der Waals surface area contributed by atoms with Crippen LogP contribution in [-0.4, -0.2) is 36.1 Å². The predicted octanol–water partition coefficient (Wildman–Crippen LogP) is 2.01. The summed E-state index contributed by atoms with van der Waals surface area (Å²) in [4.78, 5) is 0. The summed E-state index contributed by atoms with van der Waals surface area (Å²) in [5.41, 5.74) is 0.906. The number of para-hydroxylation sites is 2. The van der Waals surface area contributed by atoms with E-state index in [1.165, 1.54) is 12.8 Å². The Morgan fingerprint density at radius 3 is 3.10 bits per heavy atom. The molecule has 5 nitrogen and oxygen atoms in total. The monoisotopic (exact) mass is 273 g/mol. The molecule has 3 rings (SSSR count). The van der Waals surface area contributed by atoms with E-state index >= 15 is 0 Å². The van der Waals surface area contributed by atoms with Crippen molar-refractivity contribution >= 4 is 0 Å². The van der Waals surface area contributed by atoms with Gasteiger partial charge in [-0.2, -0.15) is 5.10 Å². The van der Waals surface area contributed by atoms with Gasteiger partial charge in [0.1, 0.15) is 18.0 Å². The summed E-state index contributed by atoms with van der Waals surface area (Å²) in [5, 5.41) is 7.74. The van der Waals surface area contributed by atoms with Crippen LogP contribution in [0.25, 0.3) is 5.69 Å². The van der Waals surface area contributed by atoms with Crippen LogP contribution in [-0.2, 0) is 0 Å². The van der Waals surface area contributed by atoms with Crippen molar-refractivity contribution in [3.63, 3.8) is 0 Å². The molecule has 1 unspecified atom stereocenters. The maximum Gasteiger partial charge on any atom is 0.157 e. The minimum absolute atomic E-state index is 0.463. The lowest BCUT2D eigenvalue weighted by molar-refractivity contribution is 0.277. The van der Waals surface area contributed by atoms with Crippen LogP contribution >= 0.6 is 0 Å². The van der Waals surface area contributed by atoms with E-state index in [0.29, 0.717) is 12.6 Å². The van der Waals surface area contributed by atoms with Gasteiger partial charge in [0.15, 0.2) is 5.75 Å². The Morgan fingerprint density at radius 2 is 2.30 bits per heavy atom. The Labute approximate surface area is 118 Å². The van der Waals surface area contributed by atoms with Crippen molar-refractivity contribution in [1.82, 2.24) is 15.1 Å². The zero-order chi connectivity index (χ0) is 13.8. The van der Waals surface area contributed by atoms with Crippen LogP contribution < -0.4 is 14.8 Å². The molecule has 1 saturated heterocycles. The van der Waals surface area contributed by atoms with E-state index in [-0.39, 0.29) is 0 Å². The van der Waals surface area contributed by atoms with Gasteiger partial charge in [0, 0.05) is 6.04 Å². The van der Waals surface area contributed by atoms with Gasteiger partial charge in [-0.05, 0) is 31.5 Å². The molecule has 1 N–H and O–H groups in total. The predicted molar refractivity (Wildman–Crippen MR) is 76.6 cm³/mol. The van der Waals surface area contributed by atoms with Gasteiger partial charge in [0.05, 0.1) is 19.5 Å². The molecule has 20 heavy (non-hydrogen) atoms. The summed E-state index contributed by atoms with van der Waals surface area (Å²) in [6.07, 6.45) is 6.03. The van der Waals surface area contributed by atoms with Gasteiger partial charge in [-0.1, -0.05) is 12.1 Å². The van der Waals surface area contributed by atoms with Crippen LogP contribution in [0.15, 0.2) is 36.7 Å². The summed E-state index contributed by atoms with van der Waals surface area (Å²) in [6.45, 7) is 1.78. The Hall–Kier alpha value is -2.01. The van der Waals surface area contributed by atoms with Crippen LogP contribution in [0.3, 0.4) is 0 Å². The van der Waals surface area contributed by atoms with Gasteiger partial charge in [0.2, 0.25) is 0 Å². The normalized spacial score (nSPS) is 18.1. The summed E-state index contributed by atoms with van der Waals surface area (Å²) in [7, 11) is 1.66. The Balaban J connectivity index is 1.69. The van der Waals surface area contributed by atoms with Gasteiger partial charge in [0.25, 0.3) is 0 Å². The molecule has 2 heterocycles. The molecule has 5 heteroatoms. The first-order valence-corrected chi connectivity index (χ1v) is 6.91. The molecule has 0 bridgehead atoms. The molecule has 1 aromatic carbocycles. The molecule has 1 fully saturated rings. The van der Waals surface area contributed by atoms with Crippen molar-refractivity contribution in [2.75, 3.05) is 20.3 Å². The summed E-state index contributed by atoms with van der Waals surface area (Å²) >= 11 is 0. The molecule has 1 aliphatic heterocycles. The fraction of sp³-hybridized carbons (Fsp3) is 0.400. The lowest BCUT2D eigenvalue weighted by Gasteiger charge is -2.10. The third-order valence-electron chi connectivity index (χ3n) is 3.50. The quantitative estimate of drug-likeness (QED) is 0.905. The minimum Gasteiger partial charge on any atom is -0.494 e. The Kier molecular flexibility index (Phi) is 3.87. The second-order valence-corrected chi connectivity index (χ2v) is 4.90. The van der Waals surface area contributed by atoms with Gasteiger partial charge in [-0.25, -0.2) is 4.68 Å². The van der Waals surface area contributed by atoms with Crippen LogP contribution in [0.2, 0.25) is 0 Å². The molecule has 0 spiro atoms. The van der Waals surface area contributed by atoms with Crippen molar-refractivity contribution < 1.29 is 9.47 Å². The summed E-state index contributed by atoms with van der Waals surface area (Å²) in [5.74, 6) is 1.57. The molecule has 1 aliphatic rings. The number of ether oxygens (including phenoxy) is 2. The molecular formula is C15H19N3O2. The average molecular weight is 273 g/mol.